The van der Waals surface area contributed by atoms with Gasteiger partial charge in [-0.05, 0) is 44.9 Å². The van der Waals surface area contributed by atoms with Gasteiger partial charge in [-0.15, -0.1) is 0 Å². The SMILES string of the molecule is Cc1cc(C)n(CCCN(C)c2ncc(C)c(-c3ccnn3C)n2)n1. The van der Waals surface area contributed by atoms with Crippen molar-refractivity contribution in [3.05, 3.63) is 41.5 Å². The third-order valence-electron chi connectivity index (χ3n) is 4.33. The van der Waals surface area contributed by atoms with Crippen LogP contribution in [0.25, 0.3) is 11.4 Å². The van der Waals surface area contributed by atoms with Crippen molar-refractivity contribution in [3.8, 4) is 11.4 Å². The minimum atomic E-state index is 0.732. The van der Waals surface area contributed by atoms with Crippen molar-refractivity contribution in [3.63, 3.8) is 0 Å². The first-order valence-corrected chi connectivity index (χ1v) is 8.50. The van der Waals surface area contributed by atoms with Gasteiger partial charge < -0.3 is 4.90 Å². The van der Waals surface area contributed by atoms with Crippen molar-refractivity contribution in [2.75, 3.05) is 18.5 Å². The molecule has 3 rings (SSSR count). The van der Waals surface area contributed by atoms with E-state index in [9.17, 15) is 0 Å². The molecule has 0 aliphatic rings. The summed E-state index contributed by atoms with van der Waals surface area (Å²) in [7, 11) is 3.95. The minimum absolute atomic E-state index is 0.732. The Morgan fingerprint density at radius 2 is 2.00 bits per heavy atom. The molecule has 25 heavy (non-hydrogen) atoms. The topological polar surface area (TPSA) is 64.7 Å². The highest BCUT2D eigenvalue weighted by atomic mass is 15.3. The molecule has 0 aliphatic heterocycles. The van der Waals surface area contributed by atoms with Crippen LogP contribution in [0.3, 0.4) is 0 Å². The molecule has 0 N–H and O–H groups in total. The Bertz CT molecular complexity index is 862. The van der Waals surface area contributed by atoms with Crippen molar-refractivity contribution in [2.24, 2.45) is 7.05 Å². The Morgan fingerprint density at radius 3 is 2.64 bits per heavy atom. The summed E-state index contributed by atoms with van der Waals surface area (Å²) >= 11 is 0. The summed E-state index contributed by atoms with van der Waals surface area (Å²) in [5.41, 5.74) is 5.23. The van der Waals surface area contributed by atoms with Crippen LogP contribution in [0, 0.1) is 20.8 Å². The van der Waals surface area contributed by atoms with Crippen molar-refractivity contribution in [1.29, 1.82) is 0 Å². The summed E-state index contributed by atoms with van der Waals surface area (Å²) in [5, 5.41) is 8.74. The van der Waals surface area contributed by atoms with E-state index < -0.39 is 0 Å². The van der Waals surface area contributed by atoms with Crippen LogP contribution < -0.4 is 4.90 Å². The maximum atomic E-state index is 4.75. The molecule has 3 heterocycles. The van der Waals surface area contributed by atoms with E-state index in [4.69, 9.17) is 4.98 Å². The van der Waals surface area contributed by atoms with Gasteiger partial charge >= 0.3 is 0 Å². The van der Waals surface area contributed by atoms with Gasteiger partial charge in [0.05, 0.1) is 17.1 Å². The van der Waals surface area contributed by atoms with E-state index in [0.29, 0.717) is 0 Å². The summed E-state index contributed by atoms with van der Waals surface area (Å²) in [6, 6.07) is 4.08. The Hall–Kier alpha value is -2.70. The summed E-state index contributed by atoms with van der Waals surface area (Å²) in [6.07, 6.45) is 4.65. The molecule has 0 unspecified atom stereocenters. The first kappa shape index (κ1) is 17.1. The van der Waals surface area contributed by atoms with Crippen LogP contribution in [-0.4, -0.2) is 43.1 Å². The van der Waals surface area contributed by atoms with E-state index in [1.165, 1.54) is 5.69 Å². The lowest BCUT2D eigenvalue weighted by molar-refractivity contribution is 0.560. The molecule has 3 aromatic heterocycles. The van der Waals surface area contributed by atoms with E-state index in [1.807, 2.05) is 44.9 Å². The molecule has 0 bridgehead atoms. The highest BCUT2D eigenvalue weighted by molar-refractivity contribution is 5.59. The lowest BCUT2D eigenvalue weighted by Gasteiger charge is -2.18. The zero-order chi connectivity index (χ0) is 18.0. The normalized spacial score (nSPS) is 11.1. The molecule has 0 aliphatic carbocycles. The lowest BCUT2D eigenvalue weighted by Crippen LogP contribution is -2.23. The molecule has 0 saturated carbocycles. The van der Waals surface area contributed by atoms with Gasteiger partial charge in [0.25, 0.3) is 0 Å². The quantitative estimate of drug-likeness (QED) is 0.690. The van der Waals surface area contributed by atoms with Crippen LogP contribution >= 0.6 is 0 Å². The van der Waals surface area contributed by atoms with Crippen molar-refractivity contribution < 1.29 is 0 Å². The molecular weight excluding hydrogens is 314 g/mol. The van der Waals surface area contributed by atoms with Gasteiger partial charge in [0.2, 0.25) is 5.95 Å². The molecule has 3 aromatic rings. The van der Waals surface area contributed by atoms with Gasteiger partial charge in [-0.3, -0.25) is 9.36 Å². The van der Waals surface area contributed by atoms with Crippen LogP contribution in [0.1, 0.15) is 23.4 Å². The molecule has 132 valence electrons. The second-order valence-electron chi connectivity index (χ2n) is 6.47. The number of aromatic nitrogens is 6. The molecule has 0 spiro atoms. The van der Waals surface area contributed by atoms with E-state index >= 15 is 0 Å². The number of aryl methyl sites for hydroxylation is 5. The average Bonchev–Trinajstić information content (AvgIpc) is 3.13. The zero-order valence-electron chi connectivity index (χ0n) is 15.6. The van der Waals surface area contributed by atoms with Crippen molar-refractivity contribution in [2.45, 2.75) is 33.7 Å². The molecule has 7 heteroatoms. The van der Waals surface area contributed by atoms with Crippen LogP contribution in [0.4, 0.5) is 5.95 Å². The number of hydrogen-bond acceptors (Lipinski definition) is 5. The van der Waals surface area contributed by atoms with Gasteiger partial charge in [-0.1, -0.05) is 0 Å². The lowest BCUT2D eigenvalue weighted by atomic mass is 10.2. The molecule has 0 radical (unpaired) electrons. The van der Waals surface area contributed by atoms with Gasteiger partial charge in [-0.2, -0.15) is 10.2 Å². The highest BCUT2D eigenvalue weighted by Gasteiger charge is 2.12. The first-order valence-electron chi connectivity index (χ1n) is 8.50. The molecule has 0 saturated heterocycles. The second-order valence-corrected chi connectivity index (χ2v) is 6.47. The molecule has 7 nitrogen and oxygen atoms in total. The zero-order valence-corrected chi connectivity index (χ0v) is 15.6. The standard InChI is InChI=1S/C18H25N7/c1-13-12-19-18(21-17(13)16-7-8-20-24(16)5)23(4)9-6-10-25-15(3)11-14(2)22-25/h7-8,11-12H,6,9-10H2,1-5H3. The van der Waals surface area contributed by atoms with Gasteiger partial charge in [0.15, 0.2) is 0 Å². The monoisotopic (exact) mass is 339 g/mol. The van der Waals surface area contributed by atoms with Crippen LogP contribution in [0.5, 0.6) is 0 Å². The summed E-state index contributed by atoms with van der Waals surface area (Å²) in [5.74, 6) is 0.732. The molecule has 0 atom stereocenters. The number of nitrogens with zero attached hydrogens (tertiary/aromatic N) is 7. The highest BCUT2D eigenvalue weighted by Crippen LogP contribution is 2.21. The van der Waals surface area contributed by atoms with Gasteiger partial charge in [0, 0.05) is 45.3 Å². The van der Waals surface area contributed by atoms with Crippen LogP contribution in [-0.2, 0) is 13.6 Å². The predicted molar refractivity (Wildman–Crippen MR) is 98.6 cm³/mol. The van der Waals surface area contributed by atoms with E-state index in [0.717, 1.165) is 48.1 Å². The third-order valence-corrected chi connectivity index (χ3v) is 4.33. The van der Waals surface area contributed by atoms with E-state index in [-0.39, 0.29) is 0 Å². The maximum Gasteiger partial charge on any atom is 0.225 e. The van der Waals surface area contributed by atoms with E-state index in [1.54, 1.807) is 6.20 Å². The van der Waals surface area contributed by atoms with E-state index in [2.05, 4.69) is 37.8 Å². The molecule has 0 aromatic carbocycles. The molecule has 0 amide bonds. The Morgan fingerprint density at radius 1 is 1.20 bits per heavy atom. The number of rotatable bonds is 6. The van der Waals surface area contributed by atoms with Gasteiger partial charge in [0.1, 0.15) is 0 Å². The summed E-state index contributed by atoms with van der Waals surface area (Å²) in [4.78, 5) is 11.3. The predicted octanol–water partition coefficient (Wildman–Crippen LogP) is 2.53. The fraction of sp³-hybridized carbons (Fsp3) is 0.444. The average molecular weight is 339 g/mol. The summed E-state index contributed by atoms with van der Waals surface area (Å²) < 4.78 is 3.89. The molecule has 0 fully saturated rings. The third kappa shape index (κ3) is 3.70. The van der Waals surface area contributed by atoms with Gasteiger partial charge in [-0.25, -0.2) is 9.97 Å². The van der Waals surface area contributed by atoms with Crippen molar-refractivity contribution >= 4 is 5.95 Å². The summed E-state index contributed by atoms with van der Waals surface area (Å²) in [6.45, 7) is 7.90. The maximum absolute atomic E-state index is 4.75. The smallest absolute Gasteiger partial charge is 0.225 e. The largest absolute Gasteiger partial charge is 0.344 e. The van der Waals surface area contributed by atoms with Crippen LogP contribution in [0.2, 0.25) is 0 Å². The number of hydrogen-bond donors (Lipinski definition) is 0. The Kier molecular flexibility index (Phi) is 4.83. The van der Waals surface area contributed by atoms with Crippen molar-refractivity contribution in [1.82, 2.24) is 29.5 Å². The minimum Gasteiger partial charge on any atom is -0.344 e. The Labute approximate surface area is 148 Å². The first-order chi connectivity index (χ1) is 12.0. The second kappa shape index (κ2) is 7.04. The Balaban J connectivity index is 1.69. The molecular formula is C18H25N7. The van der Waals surface area contributed by atoms with Crippen LogP contribution in [0.15, 0.2) is 24.5 Å². The number of anilines is 1. The fourth-order valence-electron chi connectivity index (χ4n) is 2.94. The fourth-order valence-corrected chi connectivity index (χ4v) is 2.94.